The van der Waals surface area contributed by atoms with Crippen LogP contribution in [0.5, 0.6) is 0 Å². The van der Waals surface area contributed by atoms with Crippen LogP contribution in [0, 0.1) is 5.92 Å². The van der Waals surface area contributed by atoms with Crippen molar-refractivity contribution in [2.24, 2.45) is 11.7 Å². The first-order valence-corrected chi connectivity index (χ1v) is 7.46. The van der Waals surface area contributed by atoms with Crippen LogP contribution in [0.1, 0.15) is 19.8 Å². The van der Waals surface area contributed by atoms with E-state index >= 15 is 0 Å². The Morgan fingerprint density at radius 1 is 1.45 bits per heavy atom. The molecule has 3 N–H and O–H groups in total. The number of para-hydroxylation sites is 1. The van der Waals surface area contributed by atoms with E-state index in [-0.39, 0.29) is 11.9 Å². The number of halogens is 1. The molecule has 1 amide bonds. The maximum absolute atomic E-state index is 12.0. The van der Waals surface area contributed by atoms with Crippen molar-refractivity contribution in [2.45, 2.75) is 25.8 Å². The number of benzene rings is 1. The van der Waals surface area contributed by atoms with Gasteiger partial charge in [0, 0.05) is 6.04 Å². The van der Waals surface area contributed by atoms with Crippen molar-refractivity contribution >= 4 is 23.2 Å². The number of carbonyl (C=O) groups excluding carboxylic acids is 1. The minimum absolute atomic E-state index is 0.0163. The van der Waals surface area contributed by atoms with E-state index in [9.17, 15) is 4.79 Å². The summed E-state index contributed by atoms with van der Waals surface area (Å²) in [5, 5.41) is 3.42. The number of amides is 1. The van der Waals surface area contributed by atoms with Gasteiger partial charge in [-0.25, -0.2) is 0 Å². The maximum Gasteiger partial charge on any atom is 0.238 e. The predicted molar refractivity (Wildman–Crippen MR) is 82.9 cm³/mol. The number of nitrogens with zero attached hydrogens (tertiary/aromatic N) is 1. The maximum atomic E-state index is 12.0. The van der Waals surface area contributed by atoms with Crippen LogP contribution in [0.15, 0.2) is 24.3 Å². The molecule has 1 atom stereocenters. The third kappa shape index (κ3) is 4.20. The van der Waals surface area contributed by atoms with E-state index in [0.717, 1.165) is 25.9 Å². The molecule has 0 aromatic heterocycles. The Bertz CT molecular complexity index is 456. The van der Waals surface area contributed by atoms with Crippen molar-refractivity contribution < 1.29 is 4.79 Å². The Kier molecular flexibility index (Phi) is 5.40. The zero-order valence-electron chi connectivity index (χ0n) is 11.8. The van der Waals surface area contributed by atoms with E-state index in [4.69, 9.17) is 17.3 Å². The summed E-state index contributed by atoms with van der Waals surface area (Å²) >= 11 is 6.02. The summed E-state index contributed by atoms with van der Waals surface area (Å²) in [5.74, 6) is 0.565. The lowest BCUT2D eigenvalue weighted by Gasteiger charge is -2.33. The Morgan fingerprint density at radius 2 is 2.10 bits per heavy atom. The number of nitrogens with one attached hydrogen (secondary N) is 1. The highest BCUT2D eigenvalue weighted by Crippen LogP contribution is 2.21. The van der Waals surface area contributed by atoms with Crippen LogP contribution in [0.3, 0.4) is 0 Å². The number of rotatable bonds is 4. The van der Waals surface area contributed by atoms with Crippen LogP contribution in [0.25, 0.3) is 0 Å². The summed E-state index contributed by atoms with van der Waals surface area (Å²) in [6.45, 7) is 4.34. The molecule has 110 valence electrons. The average molecular weight is 296 g/mol. The lowest BCUT2D eigenvalue weighted by atomic mass is 9.91. The number of hydrogen-bond acceptors (Lipinski definition) is 3. The van der Waals surface area contributed by atoms with Gasteiger partial charge in [-0.2, -0.15) is 0 Å². The number of carbonyl (C=O) groups is 1. The third-order valence-electron chi connectivity index (χ3n) is 3.89. The highest BCUT2D eigenvalue weighted by molar-refractivity contribution is 6.33. The number of likely N-dealkylation sites (tertiary alicyclic amines) is 1. The molecule has 0 aliphatic carbocycles. The standard InChI is InChI=1S/C15H22ClN3O/c1-11(17)12-6-8-19(9-7-12)10-15(20)18-14-5-3-2-4-13(14)16/h2-5,11-12H,6-10,17H2,1H3,(H,18,20). The molecule has 1 unspecified atom stereocenters. The number of hydrogen-bond donors (Lipinski definition) is 2. The summed E-state index contributed by atoms with van der Waals surface area (Å²) in [6, 6.07) is 7.52. The highest BCUT2D eigenvalue weighted by atomic mass is 35.5. The van der Waals surface area contributed by atoms with Gasteiger partial charge in [-0.1, -0.05) is 23.7 Å². The van der Waals surface area contributed by atoms with Crippen LogP contribution in [0.2, 0.25) is 5.02 Å². The second kappa shape index (κ2) is 7.07. The summed E-state index contributed by atoms with van der Waals surface area (Å²) in [4.78, 5) is 14.2. The lowest BCUT2D eigenvalue weighted by Crippen LogP contribution is -2.42. The van der Waals surface area contributed by atoms with E-state index in [1.807, 2.05) is 18.2 Å². The van der Waals surface area contributed by atoms with Crippen molar-refractivity contribution in [3.8, 4) is 0 Å². The van der Waals surface area contributed by atoms with Crippen LogP contribution in [0.4, 0.5) is 5.69 Å². The first-order valence-electron chi connectivity index (χ1n) is 7.08. The molecule has 2 rings (SSSR count). The molecule has 4 nitrogen and oxygen atoms in total. The second-order valence-electron chi connectivity index (χ2n) is 5.50. The molecule has 1 aliphatic heterocycles. The van der Waals surface area contributed by atoms with Crippen LogP contribution in [-0.4, -0.2) is 36.5 Å². The third-order valence-corrected chi connectivity index (χ3v) is 4.22. The molecule has 0 spiro atoms. The minimum Gasteiger partial charge on any atom is -0.328 e. The zero-order valence-corrected chi connectivity index (χ0v) is 12.6. The van der Waals surface area contributed by atoms with Gasteiger partial charge in [-0.3, -0.25) is 9.69 Å². The Hall–Kier alpha value is -1.10. The fourth-order valence-corrected chi connectivity index (χ4v) is 2.78. The van der Waals surface area contributed by atoms with Gasteiger partial charge in [0.05, 0.1) is 17.3 Å². The molecule has 1 aromatic carbocycles. The quantitative estimate of drug-likeness (QED) is 0.896. The van der Waals surface area contributed by atoms with Crippen molar-refractivity contribution in [3.63, 3.8) is 0 Å². The minimum atomic E-state index is -0.0163. The Morgan fingerprint density at radius 3 is 2.70 bits per heavy atom. The van der Waals surface area contributed by atoms with Crippen LogP contribution in [-0.2, 0) is 4.79 Å². The summed E-state index contributed by atoms with van der Waals surface area (Å²) in [7, 11) is 0. The van der Waals surface area contributed by atoms with Crippen LogP contribution >= 0.6 is 11.6 Å². The summed E-state index contributed by atoms with van der Waals surface area (Å²) < 4.78 is 0. The number of nitrogens with two attached hydrogens (primary N) is 1. The van der Waals surface area contributed by atoms with Gasteiger partial charge in [-0.15, -0.1) is 0 Å². The summed E-state index contributed by atoms with van der Waals surface area (Å²) in [6.07, 6.45) is 2.13. The largest absolute Gasteiger partial charge is 0.328 e. The zero-order chi connectivity index (χ0) is 14.5. The van der Waals surface area contributed by atoms with Gasteiger partial charge in [0.1, 0.15) is 0 Å². The van der Waals surface area contributed by atoms with Crippen LogP contribution < -0.4 is 11.1 Å². The fourth-order valence-electron chi connectivity index (χ4n) is 2.59. The molecular weight excluding hydrogens is 274 g/mol. The molecule has 0 radical (unpaired) electrons. The number of anilines is 1. The SMILES string of the molecule is CC(N)C1CCN(CC(=O)Nc2ccccc2Cl)CC1. The molecule has 1 saturated heterocycles. The second-order valence-corrected chi connectivity index (χ2v) is 5.91. The van der Waals surface area contributed by atoms with E-state index in [2.05, 4.69) is 17.1 Å². The molecule has 1 aromatic rings. The van der Waals surface area contributed by atoms with Crippen molar-refractivity contribution in [1.82, 2.24) is 4.90 Å². The molecule has 1 heterocycles. The van der Waals surface area contributed by atoms with Gasteiger partial charge in [-0.05, 0) is 50.9 Å². The first-order chi connectivity index (χ1) is 9.56. The smallest absolute Gasteiger partial charge is 0.238 e. The van der Waals surface area contributed by atoms with Gasteiger partial charge < -0.3 is 11.1 Å². The van der Waals surface area contributed by atoms with Crippen molar-refractivity contribution in [2.75, 3.05) is 25.0 Å². The molecule has 20 heavy (non-hydrogen) atoms. The molecule has 5 heteroatoms. The lowest BCUT2D eigenvalue weighted by molar-refractivity contribution is -0.117. The van der Waals surface area contributed by atoms with Gasteiger partial charge >= 0.3 is 0 Å². The van der Waals surface area contributed by atoms with Crippen molar-refractivity contribution in [1.29, 1.82) is 0 Å². The monoisotopic (exact) mass is 295 g/mol. The van der Waals surface area contributed by atoms with Gasteiger partial charge in [0.25, 0.3) is 0 Å². The topological polar surface area (TPSA) is 58.4 Å². The molecule has 0 saturated carbocycles. The molecule has 0 bridgehead atoms. The first kappa shape index (κ1) is 15.3. The van der Waals surface area contributed by atoms with E-state index in [1.165, 1.54) is 0 Å². The molecule has 1 aliphatic rings. The van der Waals surface area contributed by atoms with Crippen molar-refractivity contribution in [3.05, 3.63) is 29.3 Å². The Labute approximate surface area is 125 Å². The average Bonchev–Trinajstić information content (AvgIpc) is 2.42. The van der Waals surface area contributed by atoms with E-state index < -0.39 is 0 Å². The molecule has 1 fully saturated rings. The molecular formula is C15H22ClN3O. The van der Waals surface area contributed by atoms with E-state index in [1.54, 1.807) is 6.07 Å². The van der Waals surface area contributed by atoms with Gasteiger partial charge in [0.2, 0.25) is 5.91 Å². The number of piperidine rings is 1. The normalized spacial score (nSPS) is 18.8. The fraction of sp³-hybridized carbons (Fsp3) is 0.533. The van der Waals surface area contributed by atoms with E-state index in [0.29, 0.717) is 23.2 Å². The Balaban J connectivity index is 1.80. The predicted octanol–water partition coefficient (Wildman–Crippen LogP) is 2.34. The summed E-state index contributed by atoms with van der Waals surface area (Å²) in [5.41, 5.74) is 6.59. The van der Waals surface area contributed by atoms with Gasteiger partial charge in [0.15, 0.2) is 0 Å². The highest BCUT2D eigenvalue weighted by Gasteiger charge is 2.23.